The third kappa shape index (κ3) is 4.10. The minimum Gasteiger partial charge on any atom is -0.424 e. The van der Waals surface area contributed by atoms with E-state index >= 15 is 0 Å². The van der Waals surface area contributed by atoms with Crippen LogP contribution in [0, 0.1) is 12.7 Å². The fraction of sp³-hybridized carbons (Fsp3) is 0.0588. The first-order valence-corrected chi connectivity index (χ1v) is 8.76. The van der Waals surface area contributed by atoms with Crippen molar-refractivity contribution in [1.29, 1.82) is 0 Å². The molecule has 1 N–H and O–H groups in total. The van der Waals surface area contributed by atoms with Gasteiger partial charge in [-0.25, -0.2) is 22.8 Å². The van der Waals surface area contributed by atoms with Crippen molar-refractivity contribution in [1.82, 2.24) is 9.97 Å². The van der Waals surface area contributed by atoms with Crippen LogP contribution in [0.25, 0.3) is 0 Å². The van der Waals surface area contributed by atoms with E-state index in [0.717, 1.165) is 12.1 Å². The standard InChI is InChI=1S/C17H14FN3O3S/c1-12-9-13(18)7-8-16(12)25(22,23)21-14-10-19-17(20-11-14)24-15-5-3-2-4-6-15/h2-11,21H,1H3. The fourth-order valence-electron chi connectivity index (χ4n) is 2.14. The van der Waals surface area contributed by atoms with E-state index in [1.165, 1.54) is 25.4 Å². The predicted octanol–water partition coefficient (Wildman–Crippen LogP) is 3.52. The summed E-state index contributed by atoms with van der Waals surface area (Å²) in [5, 5.41) is 0. The smallest absolute Gasteiger partial charge is 0.322 e. The Labute approximate surface area is 144 Å². The van der Waals surface area contributed by atoms with Crippen molar-refractivity contribution in [3.63, 3.8) is 0 Å². The van der Waals surface area contributed by atoms with Gasteiger partial charge in [0, 0.05) is 0 Å². The SMILES string of the molecule is Cc1cc(F)ccc1S(=O)(=O)Nc1cnc(Oc2ccccc2)nc1. The molecule has 128 valence electrons. The lowest BCUT2D eigenvalue weighted by atomic mass is 10.2. The molecule has 0 aliphatic carbocycles. The van der Waals surface area contributed by atoms with Crippen molar-refractivity contribution < 1.29 is 17.5 Å². The maximum absolute atomic E-state index is 13.1. The highest BCUT2D eigenvalue weighted by Gasteiger charge is 2.17. The Morgan fingerprint density at radius 2 is 1.72 bits per heavy atom. The van der Waals surface area contributed by atoms with Crippen LogP contribution >= 0.6 is 0 Å². The van der Waals surface area contributed by atoms with Crippen molar-refractivity contribution in [2.75, 3.05) is 4.72 Å². The van der Waals surface area contributed by atoms with Crippen LogP contribution in [-0.2, 0) is 10.0 Å². The van der Waals surface area contributed by atoms with Crippen LogP contribution in [0.3, 0.4) is 0 Å². The summed E-state index contributed by atoms with van der Waals surface area (Å²) in [4.78, 5) is 7.92. The molecule has 3 rings (SSSR count). The zero-order valence-electron chi connectivity index (χ0n) is 13.2. The van der Waals surface area contributed by atoms with Crippen LogP contribution in [0.4, 0.5) is 10.1 Å². The summed E-state index contributed by atoms with van der Waals surface area (Å²) in [6, 6.07) is 12.5. The van der Waals surface area contributed by atoms with E-state index in [1.54, 1.807) is 12.1 Å². The van der Waals surface area contributed by atoms with Gasteiger partial charge in [0.05, 0.1) is 23.0 Å². The quantitative estimate of drug-likeness (QED) is 0.754. The molecule has 0 aliphatic rings. The lowest BCUT2D eigenvalue weighted by Crippen LogP contribution is -2.14. The second-order valence-electron chi connectivity index (χ2n) is 5.18. The van der Waals surface area contributed by atoms with Gasteiger partial charge in [-0.05, 0) is 42.8 Å². The molecule has 0 radical (unpaired) electrons. The van der Waals surface area contributed by atoms with Gasteiger partial charge in [0.2, 0.25) is 0 Å². The number of nitrogens with one attached hydrogen (secondary N) is 1. The summed E-state index contributed by atoms with van der Waals surface area (Å²) in [7, 11) is -3.87. The van der Waals surface area contributed by atoms with Gasteiger partial charge < -0.3 is 4.74 Å². The Kier molecular flexibility index (Phi) is 4.62. The zero-order chi connectivity index (χ0) is 17.9. The minimum absolute atomic E-state index is 0.0153. The summed E-state index contributed by atoms with van der Waals surface area (Å²) in [6.07, 6.45) is 2.59. The molecule has 6 nitrogen and oxygen atoms in total. The normalized spacial score (nSPS) is 11.1. The van der Waals surface area contributed by atoms with Crippen molar-refractivity contribution >= 4 is 15.7 Å². The molecule has 25 heavy (non-hydrogen) atoms. The highest BCUT2D eigenvalue weighted by molar-refractivity contribution is 7.92. The molecule has 1 heterocycles. The number of ether oxygens (including phenoxy) is 1. The molecule has 0 spiro atoms. The number of benzene rings is 2. The van der Waals surface area contributed by atoms with E-state index in [2.05, 4.69) is 14.7 Å². The first-order valence-electron chi connectivity index (χ1n) is 7.28. The molecule has 0 fully saturated rings. The summed E-state index contributed by atoms with van der Waals surface area (Å²) >= 11 is 0. The Balaban J connectivity index is 1.76. The molecular weight excluding hydrogens is 345 g/mol. The molecule has 0 atom stereocenters. The Morgan fingerprint density at radius 1 is 1.04 bits per heavy atom. The number of aromatic nitrogens is 2. The number of halogens is 1. The van der Waals surface area contributed by atoms with E-state index in [1.807, 2.05) is 18.2 Å². The van der Waals surface area contributed by atoms with Gasteiger partial charge >= 0.3 is 6.01 Å². The Hall–Kier alpha value is -3.00. The Bertz CT molecular complexity index is 978. The molecule has 0 unspecified atom stereocenters. The van der Waals surface area contributed by atoms with Crippen molar-refractivity contribution in [3.05, 3.63) is 72.3 Å². The van der Waals surface area contributed by atoms with Gasteiger partial charge in [0.15, 0.2) is 0 Å². The number of sulfonamides is 1. The number of rotatable bonds is 5. The number of hydrogen-bond donors (Lipinski definition) is 1. The molecule has 3 aromatic rings. The lowest BCUT2D eigenvalue weighted by molar-refractivity contribution is 0.442. The van der Waals surface area contributed by atoms with Crippen molar-refractivity contribution in [3.8, 4) is 11.8 Å². The van der Waals surface area contributed by atoms with Gasteiger partial charge in [-0.1, -0.05) is 18.2 Å². The molecule has 0 amide bonds. The number of hydrogen-bond acceptors (Lipinski definition) is 5. The van der Waals surface area contributed by atoms with Gasteiger partial charge in [-0.3, -0.25) is 4.72 Å². The lowest BCUT2D eigenvalue weighted by Gasteiger charge is -2.10. The topological polar surface area (TPSA) is 81.2 Å². The largest absolute Gasteiger partial charge is 0.424 e. The number of para-hydroxylation sites is 1. The molecule has 0 saturated heterocycles. The molecule has 2 aromatic carbocycles. The van der Waals surface area contributed by atoms with Crippen LogP contribution in [-0.4, -0.2) is 18.4 Å². The van der Waals surface area contributed by atoms with Crippen LogP contribution < -0.4 is 9.46 Å². The summed E-state index contributed by atoms with van der Waals surface area (Å²) in [5.74, 6) is 0.0694. The minimum atomic E-state index is -3.87. The van der Waals surface area contributed by atoms with E-state index in [9.17, 15) is 12.8 Å². The molecule has 8 heteroatoms. The van der Waals surface area contributed by atoms with Gasteiger partial charge in [0.25, 0.3) is 10.0 Å². The molecule has 0 bridgehead atoms. The Morgan fingerprint density at radius 3 is 2.36 bits per heavy atom. The molecule has 0 saturated carbocycles. The average molecular weight is 359 g/mol. The van der Waals surface area contributed by atoms with E-state index in [0.29, 0.717) is 11.3 Å². The van der Waals surface area contributed by atoms with Gasteiger partial charge in [-0.15, -0.1) is 0 Å². The maximum Gasteiger partial charge on any atom is 0.322 e. The van der Waals surface area contributed by atoms with Crippen LogP contribution in [0.1, 0.15) is 5.56 Å². The van der Waals surface area contributed by atoms with E-state index in [4.69, 9.17) is 4.74 Å². The zero-order valence-corrected chi connectivity index (χ0v) is 14.0. The maximum atomic E-state index is 13.1. The number of nitrogens with zero attached hydrogens (tertiary/aromatic N) is 2. The van der Waals surface area contributed by atoms with E-state index < -0.39 is 15.8 Å². The summed E-state index contributed by atoms with van der Waals surface area (Å²) in [6.45, 7) is 1.52. The highest BCUT2D eigenvalue weighted by atomic mass is 32.2. The van der Waals surface area contributed by atoms with Crippen LogP contribution in [0.5, 0.6) is 11.8 Å². The van der Waals surface area contributed by atoms with Gasteiger partial charge in [-0.2, -0.15) is 0 Å². The van der Waals surface area contributed by atoms with Crippen LogP contribution in [0.2, 0.25) is 0 Å². The highest BCUT2D eigenvalue weighted by Crippen LogP contribution is 2.21. The first kappa shape index (κ1) is 16.8. The number of aryl methyl sites for hydroxylation is 1. The van der Waals surface area contributed by atoms with Crippen molar-refractivity contribution in [2.24, 2.45) is 0 Å². The summed E-state index contributed by atoms with van der Waals surface area (Å²) in [5.41, 5.74) is 0.474. The molecule has 1 aromatic heterocycles. The second-order valence-corrected chi connectivity index (χ2v) is 6.84. The van der Waals surface area contributed by atoms with Crippen molar-refractivity contribution in [2.45, 2.75) is 11.8 Å². The number of anilines is 1. The first-order chi connectivity index (χ1) is 11.9. The monoisotopic (exact) mass is 359 g/mol. The third-order valence-electron chi connectivity index (χ3n) is 3.26. The average Bonchev–Trinajstić information content (AvgIpc) is 2.57. The second kappa shape index (κ2) is 6.86. The third-order valence-corrected chi connectivity index (χ3v) is 4.80. The van der Waals surface area contributed by atoms with Gasteiger partial charge in [0.1, 0.15) is 11.6 Å². The van der Waals surface area contributed by atoms with Crippen LogP contribution in [0.15, 0.2) is 65.8 Å². The molecular formula is C17H14FN3O3S. The molecule has 0 aliphatic heterocycles. The fourth-order valence-corrected chi connectivity index (χ4v) is 3.40. The predicted molar refractivity (Wildman–Crippen MR) is 90.5 cm³/mol. The van der Waals surface area contributed by atoms with E-state index in [-0.39, 0.29) is 16.6 Å². The summed E-state index contributed by atoms with van der Waals surface area (Å²) < 4.78 is 45.7.